The Balaban J connectivity index is 2.04. The molecule has 0 spiro atoms. The standard InChI is InChI=1S/C8H14O4/c1-5-3-6-7(11-4-10-6)8(9-2)12-5/h5-8H,3-4H2,1-2H3/t5-,6+,7+,8+/m1/s1. The van der Waals surface area contributed by atoms with Crippen molar-refractivity contribution in [2.24, 2.45) is 0 Å². The molecule has 0 unspecified atom stereocenters. The number of rotatable bonds is 1. The van der Waals surface area contributed by atoms with Crippen molar-refractivity contribution >= 4 is 0 Å². The van der Waals surface area contributed by atoms with Gasteiger partial charge < -0.3 is 18.9 Å². The summed E-state index contributed by atoms with van der Waals surface area (Å²) in [6.07, 6.45) is 0.939. The van der Waals surface area contributed by atoms with Crippen molar-refractivity contribution in [3.05, 3.63) is 0 Å². The summed E-state index contributed by atoms with van der Waals surface area (Å²) in [6.45, 7) is 2.38. The van der Waals surface area contributed by atoms with Crippen LogP contribution in [0.2, 0.25) is 0 Å². The van der Waals surface area contributed by atoms with Crippen molar-refractivity contribution in [2.75, 3.05) is 13.9 Å². The summed E-state index contributed by atoms with van der Waals surface area (Å²) in [4.78, 5) is 0. The van der Waals surface area contributed by atoms with Crippen LogP contribution in [-0.4, -0.2) is 38.5 Å². The van der Waals surface area contributed by atoms with Crippen LogP contribution in [0, 0.1) is 0 Å². The highest BCUT2D eigenvalue weighted by atomic mass is 16.8. The molecule has 4 heteroatoms. The fourth-order valence-electron chi connectivity index (χ4n) is 1.74. The number of ether oxygens (including phenoxy) is 4. The Morgan fingerprint density at radius 2 is 2.17 bits per heavy atom. The average molecular weight is 174 g/mol. The molecule has 0 radical (unpaired) electrons. The van der Waals surface area contributed by atoms with Gasteiger partial charge in [0, 0.05) is 13.5 Å². The van der Waals surface area contributed by atoms with Crippen molar-refractivity contribution in [3.8, 4) is 0 Å². The van der Waals surface area contributed by atoms with Gasteiger partial charge in [0.15, 0.2) is 6.29 Å². The Morgan fingerprint density at radius 1 is 1.33 bits per heavy atom. The molecular weight excluding hydrogens is 160 g/mol. The van der Waals surface area contributed by atoms with Crippen molar-refractivity contribution in [1.29, 1.82) is 0 Å². The minimum Gasteiger partial charge on any atom is -0.353 e. The van der Waals surface area contributed by atoms with Crippen LogP contribution in [-0.2, 0) is 18.9 Å². The first kappa shape index (κ1) is 8.44. The van der Waals surface area contributed by atoms with Crippen LogP contribution in [0.25, 0.3) is 0 Å². The highest BCUT2D eigenvalue weighted by Crippen LogP contribution is 2.29. The van der Waals surface area contributed by atoms with Gasteiger partial charge in [0.1, 0.15) is 12.9 Å². The number of fused-ring (bicyclic) bond motifs is 1. The maximum atomic E-state index is 5.52. The summed E-state index contributed by atoms with van der Waals surface area (Å²) < 4.78 is 21.4. The average Bonchev–Trinajstić information content (AvgIpc) is 2.50. The molecule has 2 aliphatic rings. The van der Waals surface area contributed by atoms with Crippen LogP contribution in [0.4, 0.5) is 0 Å². The van der Waals surface area contributed by atoms with Gasteiger partial charge in [0.05, 0.1) is 12.2 Å². The predicted octanol–water partition coefficient (Wildman–Crippen LogP) is 0.509. The lowest BCUT2D eigenvalue weighted by atomic mass is 10.0. The van der Waals surface area contributed by atoms with Crippen molar-refractivity contribution in [3.63, 3.8) is 0 Å². The first-order valence-electron chi connectivity index (χ1n) is 4.22. The van der Waals surface area contributed by atoms with Crippen LogP contribution in [0.15, 0.2) is 0 Å². The van der Waals surface area contributed by atoms with E-state index in [0.29, 0.717) is 6.79 Å². The second-order valence-corrected chi connectivity index (χ2v) is 3.24. The third-order valence-electron chi connectivity index (χ3n) is 2.34. The fraction of sp³-hybridized carbons (Fsp3) is 1.00. The maximum Gasteiger partial charge on any atom is 0.186 e. The normalized spacial score (nSPS) is 47.5. The van der Waals surface area contributed by atoms with Gasteiger partial charge in [-0.1, -0.05) is 0 Å². The van der Waals surface area contributed by atoms with Crippen LogP contribution in [0.5, 0.6) is 0 Å². The van der Waals surface area contributed by atoms with Gasteiger partial charge in [-0.05, 0) is 6.92 Å². The van der Waals surface area contributed by atoms with Gasteiger partial charge in [-0.3, -0.25) is 0 Å². The fourth-order valence-corrected chi connectivity index (χ4v) is 1.74. The highest BCUT2D eigenvalue weighted by Gasteiger charge is 2.42. The molecule has 0 aliphatic carbocycles. The molecule has 0 aromatic heterocycles. The summed E-state index contributed by atoms with van der Waals surface area (Å²) in [6, 6.07) is 0. The summed E-state index contributed by atoms with van der Waals surface area (Å²) in [5.41, 5.74) is 0. The second kappa shape index (κ2) is 3.30. The molecule has 0 bridgehead atoms. The number of methoxy groups -OCH3 is 1. The third kappa shape index (κ3) is 1.35. The van der Waals surface area contributed by atoms with Crippen LogP contribution >= 0.6 is 0 Å². The zero-order valence-corrected chi connectivity index (χ0v) is 7.36. The van der Waals surface area contributed by atoms with Gasteiger partial charge in [0.2, 0.25) is 0 Å². The lowest BCUT2D eigenvalue weighted by Crippen LogP contribution is -2.46. The molecule has 4 nitrogen and oxygen atoms in total. The Labute approximate surface area is 71.7 Å². The highest BCUT2D eigenvalue weighted by molar-refractivity contribution is 4.84. The molecule has 70 valence electrons. The van der Waals surface area contributed by atoms with Crippen molar-refractivity contribution in [2.45, 2.75) is 37.9 Å². The quantitative estimate of drug-likeness (QED) is 0.580. The minimum absolute atomic E-state index is 0.0359. The van der Waals surface area contributed by atoms with E-state index in [2.05, 4.69) is 0 Å². The van der Waals surface area contributed by atoms with Gasteiger partial charge >= 0.3 is 0 Å². The SMILES string of the molecule is CO[C@H]1O[C@H](C)C[C@@H]2OCO[C@H]12. The molecule has 0 N–H and O–H groups in total. The van der Waals surface area contributed by atoms with E-state index in [9.17, 15) is 0 Å². The van der Waals surface area contributed by atoms with Crippen molar-refractivity contribution in [1.82, 2.24) is 0 Å². The van der Waals surface area contributed by atoms with Gasteiger partial charge in [0.25, 0.3) is 0 Å². The lowest BCUT2D eigenvalue weighted by Gasteiger charge is -2.34. The zero-order chi connectivity index (χ0) is 8.55. The van der Waals surface area contributed by atoms with E-state index >= 15 is 0 Å². The molecule has 0 amide bonds. The Kier molecular flexibility index (Phi) is 2.32. The Bertz CT molecular complexity index is 161. The zero-order valence-electron chi connectivity index (χ0n) is 7.36. The lowest BCUT2D eigenvalue weighted by molar-refractivity contribution is -0.230. The molecular formula is C8H14O4. The van der Waals surface area contributed by atoms with Crippen molar-refractivity contribution < 1.29 is 18.9 Å². The molecule has 2 rings (SSSR count). The molecule has 0 aromatic rings. The van der Waals surface area contributed by atoms with E-state index in [0.717, 1.165) is 6.42 Å². The molecule has 2 saturated heterocycles. The van der Waals surface area contributed by atoms with E-state index in [1.807, 2.05) is 6.92 Å². The molecule has 2 fully saturated rings. The van der Waals surface area contributed by atoms with E-state index < -0.39 is 0 Å². The van der Waals surface area contributed by atoms with E-state index in [1.165, 1.54) is 0 Å². The minimum atomic E-state index is -0.263. The van der Waals surface area contributed by atoms with E-state index in [1.54, 1.807) is 7.11 Å². The largest absolute Gasteiger partial charge is 0.353 e. The Hall–Kier alpha value is -0.160. The third-order valence-corrected chi connectivity index (χ3v) is 2.34. The van der Waals surface area contributed by atoms with E-state index in [4.69, 9.17) is 18.9 Å². The first-order valence-corrected chi connectivity index (χ1v) is 4.22. The summed E-state index contributed by atoms with van der Waals surface area (Å²) in [7, 11) is 1.63. The Morgan fingerprint density at radius 3 is 2.92 bits per heavy atom. The molecule has 0 saturated carbocycles. The number of hydrogen-bond donors (Lipinski definition) is 0. The van der Waals surface area contributed by atoms with Gasteiger partial charge in [-0.25, -0.2) is 0 Å². The maximum absolute atomic E-state index is 5.52. The summed E-state index contributed by atoms with van der Waals surface area (Å²) in [5.74, 6) is 0. The molecule has 4 atom stereocenters. The molecule has 2 aliphatic heterocycles. The van der Waals surface area contributed by atoms with Gasteiger partial charge in [-0.2, -0.15) is 0 Å². The smallest absolute Gasteiger partial charge is 0.186 e. The van der Waals surface area contributed by atoms with Crippen LogP contribution < -0.4 is 0 Å². The topological polar surface area (TPSA) is 36.9 Å². The monoisotopic (exact) mass is 174 g/mol. The first-order chi connectivity index (χ1) is 5.81. The van der Waals surface area contributed by atoms with Crippen LogP contribution in [0.3, 0.4) is 0 Å². The molecule has 12 heavy (non-hydrogen) atoms. The number of hydrogen-bond acceptors (Lipinski definition) is 4. The molecule has 0 aromatic carbocycles. The van der Waals surface area contributed by atoms with E-state index in [-0.39, 0.29) is 24.6 Å². The second-order valence-electron chi connectivity index (χ2n) is 3.24. The van der Waals surface area contributed by atoms with Gasteiger partial charge in [-0.15, -0.1) is 0 Å². The summed E-state index contributed by atoms with van der Waals surface area (Å²) in [5, 5.41) is 0. The summed E-state index contributed by atoms with van der Waals surface area (Å²) >= 11 is 0. The predicted molar refractivity (Wildman–Crippen MR) is 40.6 cm³/mol. The van der Waals surface area contributed by atoms with Crippen LogP contribution in [0.1, 0.15) is 13.3 Å². The molecule has 2 heterocycles.